The number of hydrogen-bond donors (Lipinski definition) is 2. The summed E-state index contributed by atoms with van der Waals surface area (Å²) < 4.78 is 5.71. The summed E-state index contributed by atoms with van der Waals surface area (Å²) in [6.45, 7) is 7.25. The van der Waals surface area contributed by atoms with Gasteiger partial charge < -0.3 is 15.2 Å². The molecular formula is C19H24ClNO2. The zero-order valence-corrected chi connectivity index (χ0v) is 14.7. The van der Waals surface area contributed by atoms with Gasteiger partial charge in [-0.05, 0) is 67.3 Å². The van der Waals surface area contributed by atoms with Crippen LogP contribution < -0.4 is 10.1 Å². The molecule has 23 heavy (non-hydrogen) atoms. The highest BCUT2D eigenvalue weighted by Gasteiger charge is 2.08. The van der Waals surface area contributed by atoms with Gasteiger partial charge in [-0.3, -0.25) is 0 Å². The van der Waals surface area contributed by atoms with E-state index < -0.39 is 6.10 Å². The van der Waals surface area contributed by atoms with Crippen molar-refractivity contribution in [3.63, 3.8) is 0 Å². The SMILES string of the molecule is CCOc1c(C)cc(-c2cccc(NCC(O)CCl)c2)cc1C. The van der Waals surface area contributed by atoms with Crippen LogP contribution in [0.25, 0.3) is 11.1 Å². The first kappa shape index (κ1) is 17.6. The van der Waals surface area contributed by atoms with Crippen molar-refractivity contribution in [3.05, 3.63) is 47.5 Å². The van der Waals surface area contributed by atoms with Gasteiger partial charge in [0.1, 0.15) is 5.75 Å². The molecule has 4 heteroatoms. The summed E-state index contributed by atoms with van der Waals surface area (Å²) in [6, 6.07) is 12.4. The molecular weight excluding hydrogens is 310 g/mol. The Kier molecular flexibility index (Phi) is 6.31. The van der Waals surface area contributed by atoms with Gasteiger partial charge in [0.05, 0.1) is 18.6 Å². The van der Waals surface area contributed by atoms with Crippen LogP contribution in [0.2, 0.25) is 0 Å². The number of rotatable bonds is 7. The second-order valence-corrected chi connectivity index (χ2v) is 5.95. The Bertz CT molecular complexity index is 635. The third kappa shape index (κ3) is 4.63. The lowest BCUT2D eigenvalue weighted by atomic mass is 9.99. The summed E-state index contributed by atoms with van der Waals surface area (Å²) in [6.07, 6.45) is -0.546. The van der Waals surface area contributed by atoms with Gasteiger partial charge in [0.25, 0.3) is 0 Å². The average Bonchev–Trinajstić information content (AvgIpc) is 2.56. The van der Waals surface area contributed by atoms with E-state index in [0.29, 0.717) is 13.2 Å². The summed E-state index contributed by atoms with van der Waals surface area (Å²) in [7, 11) is 0. The Hall–Kier alpha value is -1.71. The number of hydrogen-bond acceptors (Lipinski definition) is 3. The topological polar surface area (TPSA) is 41.5 Å². The molecule has 2 N–H and O–H groups in total. The highest BCUT2D eigenvalue weighted by atomic mass is 35.5. The quantitative estimate of drug-likeness (QED) is 0.739. The van der Waals surface area contributed by atoms with E-state index in [1.807, 2.05) is 19.1 Å². The maximum absolute atomic E-state index is 9.55. The zero-order valence-electron chi connectivity index (χ0n) is 13.9. The second kappa shape index (κ2) is 8.23. The van der Waals surface area contributed by atoms with E-state index in [-0.39, 0.29) is 5.88 Å². The van der Waals surface area contributed by atoms with Crippen LogP contribution in [0.5, 0.6) is 5.75 Å². The molecule has 0 radical (unpaired) electrons. The zero-order chi connectivity index (χ0) is 16.8. The van der Waals surface area contributed by atoms with Crippen molar-refractivity contribution < 1.29 is 9.84 Å². The van der Waals surface area contributed by atoms with Gasteiger partial charge in [-0.2, -0.15) is 0 Å². The summed E-state index contributed by atoms with van der Waals surface area (Å²) in [5, 5.41) is 12.8. The summed E-state index contributed by atoms with van der Waals surface area (Å²) in [5.41, 5.74) is 5.53. The van der Waals surface area contributed by atoms with E-state index in [1.165, 1.54) is 0 Å². The Morgan fingerprint density at radius 2 is 1.83 bits per heavy atom. The van der Waals surface area contributed by atoms with Gasteiger partial charge in [0.2, 0.25) is 0 Å². The molecule has 0 aliphatic carbocycles. The largest absolute Gasteiger partial charge is 0.493 e. The van der Waals surface area contributed by atoms with Crippen molar-refractivity contribution in [2.75, 3.05) is 24.3 Å². The van der Waals surface area contributed by atoms with Gasteiger partial charge in [0.15, 0.2) is 0 Å². The molecule has 2 aromatic rings. The lowest BCUT2D eigenvalue weighted by Gasteiger charge is -2.14. The van der Waals surface area contributed by atoms with Crippen LogP contribution in [0.15, 0.2) is 36.4 Å². The Labute approximate surface area is 143 Å². The molecule has 0 aliphatic heterocycles. The van der Waals surface area contributed by atoms with Crippen molar-refractivity contribution in [1.29, 1.82) is 0 Å². The highest BCUT2D eigenvalue weighted by Crippen LogP contribution is 2.31. The molecule has 1 atom stereocenters. The molecule has 0 amide bonds. The number of halogens is 1. The summed E-state index contributed by atoms with van der Waals surface area (Å²) in [4.78, 5) is 0. The van der Waals surface area contributed by atoms with Gasteiger partial charge >= 0.3 is 0 Å². The molecule has 0 saturated heterocycles. The molecule has 0 saturated carbocycles. The lowest BCUT2D eigenvalue weighted by molar-refractivity contribution is 0.211. The van der Waals surface area contributed by atoms with E-state index >= 15 is 0 Å². The number of aryl methyl sites for hydroxylation is 2. The number of aliphatic hydroxyl groups is 1. The number of anilines is 1. The Morgan fingerprint density at radius 3 is 2.43 bits per heavy atom. The van der Waals surface area contributed by atoms with Gasteiger partial charge in [-0.15, -0.1) is 11.6 Å². The van der Waals surface area contributed by atoms with E-state index in [0.717, 1.165) is 33.7 Å². The van der Waals surface area contributed by atoms with E-state index in [1.54, 1.807) is 0 Å². The minimum atomic E-state index is -0.546. The number of nitrogens with one attached hydrogen (secondary N) is 1. The molecule has 0 fully saturated rings. The average molecular weight is 334 g/mol. The van der Waals surface area contributed by atoms with E-state index in [4.69, 9.17) is 16.3 Å². The van der Waals surface area contributed by atoms with Crippen LogP contribution in [-0.4, -0.2) is 30.2 Å². The highest BCUT2D eigenvalue weighted by molar-refractivity contribution is 6.18. The van der Waals surface area contributed by atoms with E-state index in [2.05, 4.69) is 43.4 Å². The summed E-state index contributed by atoms with van der Waals surface area (Å²) in [5.74, 6) is 1.19. The van der Waals surface area contributed by atoms with Gasteiger partial charge in [-0.25, -0.2) is 0 Å². The van der Waals surface area contributed by atoms with Crippen molar-refractivity contribution in [2.24, 2.45) is 0 Å². The minimum Gasteiger partial charge on any atom is -0.493 e. The van der Waals surface area contributed by atoms with Crippen LogP contribution in [0.4, 0.5) is 5.69 Å². The van der Waals surface area contributed by atoms with Crippen LogP contribution in [0.1, 0.15) is 18.1 Å². The molecule has 2 aromatic carbocycles. The maximum atomic E-state index is 9.55. The van der Waals surface area contributed by atoms with Crippen LogP contribution in [0, 0.1) is 13.8 Å². The third-order valence-corrected chi connectivity index (χ3v) is 4.02. The van der Waals surface area contributed by atoms with Gasteiger partial charge in [0, 0.05) is 12.2 Å². The number of benzene rings is 2. The molecule has 0 spiro atoms. The Morgan fingerprint density at radius 1 is 1.13 bits per heavy atom. The number of aliphatic hydroxyl groups excluding tert-OH is 1. The van der Waals surface area contributed by atoms with Crippen LogP contribution in [-0.2, 0) is 0 Å². The van der Waals surface area contributed by atoms with Crippen LogP contribution in [0.3, 0.4) is 0 Å². The van der Waals surface area contributed by atoms with Crippen LogP contribution >= 0.6 is 11.6 Å². The third-order valence-electron chi connectivity index (χ3n) is 3.66. The van der Waals surface area contributed by atoms with Crippen molar-refractivity contribution in [2.45, 2.75) is 26.9 Å². The first-order valence-electron chi connectivity index (χ1n) is 7.87. The molecule has 0 bridgehead atoms. The van der Waals surface area contributed by atoms with E-state index in [9.17, 15) is 5.11 Å². The molecule has 0 aliphatic rings. The standard InChI is InChI=1S/C19H24ClNO2/c1-4-23-19-13(2)8-16(9-14(19)3)15-6-5-7-17(10-15)21-12-18(22)11-20/h5-10,18,21-22H,4,11-12H2,1-3H3. The monoisotopic (exact) mass is 333 g/mol. The Balaban J connectivity index is 2.25. The molecule has 124 valence electrons. The predicted octanol–water partition coefficient (Wildman–Crippen LogP) is 4.38. The minimum absolute atomic E-state index is 0.226. The summed E-state index contributed by atoms with van der Waals surface area (Å²) >= 11 is 5.62. The predicted molar refractivity (Wildman–Crippen MR) is 97.7 cm³/mol. The first-order chi connectivity index (χ1) is 11.0. The number of ether oxygens (including phenoxy) is 1. The normalized spacial score (nSPS) is 12.0. The second-order valence-electron chi connectivity index (χ2n) is 5.64. The molecule has 0 heterocycles. The smallest absolute Gasteiger partial charge is 0.125 e. The van der Waals surface area contributed by atoms with Crippen molar-refractivity contribution in [3.8, 4) is 16.9 Å². The molecule has 2 rings (SSSR count). The molecule has 0 aromatic heterocycles. The molecule has 3 nitrogen and oxygen atoms in total. The lowest BCUT2D eigenvalue weighted by Crippen LogP contribution is -2.20. The fourth-order valence-corrected chi connectivity index (χ4v) is 2.70. The first-order valence-corrected chi connectivity index (χ1v) is 8.41. The van der Waals surface area contributed by atoms with Crippen molar-refractivity contribution in [1.82, 2.24) is 0 Å². The van der Waals surface area contributed by atoms with Gasteiger partial charge in [-0.1, -0.05) is 12.1 Å². The fourth-order valence-electron chi connectivity index (χ4n) is 2.59. The van der Waals surface area contributed by atoms with Crippen molar-refractivity contribution >= 4 is 17.3 Å². The fraction of sp³-hybridized carbons (Fsp3) is 0.368. The maximum Gasteiger partial charge on any atom is 0.125 e. The molecule has 1 unspecified atom stereocenters. The number of alkyl halides is 1.